The maximum Gasteiger partial charge on any atom is 0.224 e. The predicted molar refractivity (Wildman–Crippen MR) is 73.7 cm³/mol. The highest BCUT2D eigenvalue weighted by Crippen LogP contribution is 2.26. The Morgan fingerprint density at radius 2 is 2.21 bits per heavy atom. The van der Waals surface area contributed by atoms with Crippen molar-refractivity contribution < 1.29 is 13.9 Å². The zero-order valence-corrected chi connectivity index (χ0v) is 11.4. The summed E-state index contributed by atoms with van der Waals surface area (Å²) >= 11 is 0. The van der Waals surface area contributed by atoms with Crippen LogP contribution in [0, 0.1) is 11.7 Å². The van der Waals surface area contributed by atoms with E-state index in [1.807, 2.05) is 6.92 Å². The molecule has 0 aliphatic rings. The number of rotatable bonds is 7. The average molecular weight is 268 g/mol. The van der Waals surface area contributed by atoms with Crippen LogP contribution in [0.1, 0.15) is 26.7 Å². The molecule has 3 N–H and O–H groups in total. The molecule has 0 aromatic heterocycles. The van der Waals surface area contributed by atoms with Crippen LogP contribution in [-0.2, 0) is 4.79 Å². The second-order valence-electron chi connectivity index (χ2n) is 4.34. The molecule has 0 saturated carbocycles. The number of ether oxygens (including phenoxy) is 1. The number of anilines is 1. The van der Waals surface area contributed by atoms with Crippen molar-refractivity contribution in [1.29, 1.82) is 0 Å². The summed E-state index contributed by atoms with van der Waals surface area (Å²) in [5.41, 5.74) is 6.05. The Kier molecular flexibility index (Phi) is 6.29. The van der Waals surface area contributed by atoms with Crippen molar-refractivity contribution in [2.75, 3.05) is 18.5 Å². The number of nitrogens with one attached hydrogen (secondary N) is 1. The van der Waals surface area contributed by atoms with E-state index in [-0.39, 0.29) is 11.8 Å². The summed E-state index contributed by atoms with van der Waals surface area (Å²) in [6, 6.07) is 4.05. The zero-order valence-electron chi connectivity index (χ0n) is 11.4. The first-order chi connectivity index (χ1) is 9.10. The molecule has 19 heavy (non-hydrogen) atoms. The summed E-state index contributed by atoms with van der Waals surface area (Å²) in [7, 11) is 0. The van der Waals surface area contributed by atoms with Crippen molar-refractivity contribution in [3.8, 4) is 5.75 Å². The summed E-state index contributed by atoms with van der Waals surface area (Å²) in [5, 5.41) is 2.74. The van der Waals surface area contributed by atoms with E-state index >= 15 is 0 Å². The molecule has 0 bridgehead atoms. The summed E-state index contributed by atoms with van der Waals surface area (Å²) in [5.74, 6) is -0.0210. The Morgan fingerprint density at radius 1 is 1.47 bits per heavy atom. The number of carbonyl (C=O) groups is 1. The van der Waals surface area contributed by atoms with Crippen molar-refractivity contribution in [2.24, 2.45) is 11.7 Å². The van der Waals surface area contributed by atoms with Crippen molar-refractivity contribution in [1.82, 2.24) is 0 Å². The quantitative estimate of drug-likeness (QED) is 0.798. The Bertz CT molecular complexity index is 420. The van der Waals surface area contributed by atoms with Crippen LogP contribution in [0.3, 0.4) is 0 Å². The molecule has 1 aromatic rings. The highest BCUT2D eigenvalue weighted by Gasteiger charge is 2.13. The molecule has 4 nitrogen and oxygen atoms in total. The van der Waals surface area contributed by atoms with Gasteiger partial charge in [-0.05, 0) is 31.5 Å². The third-order valence-corrected chi connectivity index (χ3v) is 2.90. The normalized spacial score (nSPS) is 12.0. The van der Waals surface area contributed by atoms with E-state index in [9.17, 15) is 9.18 Å². The number of hydrogen-bond donors (Lipinski definition) is 2. The van der Waals surface area contributed by atoms with Crippen LogP contribution in [0.2, 0.25) is 0 Å². The van der Waals surface area contributed by atoms with Gasteiger partial charge in [-0.2, -0.15) is 0 Å². The fourth-order valence-corrected chi connectivity index (χ4v) is 1.73. The first-order valence-electron chi connectivity index (χ1n) is 6.52. The molecule has 0 heterocycles. The zero-order chi connectivity index (χ0) is 14.3. The molecule has 106 valence electrons. The van der Waals surface area contributed by atoms with E-state index in [4.69, 9.17) is 10.5 Å². The lowest BCUT2D eigenvalue weighted by atomic mass is 10.0. The molecule has 0 radical (unpaired) electrons. The van der Waals surface area contributed by atoms with Gasteiger partial charge in [0, 0.05) is 12.5 Å². The first kappa shape index (κ1) is 15.4. The van der Waals surface area contributed by atoms with Gasteiger partial charge >= 0.3 is 0 Å². The maximum absolute atomic E-state index is 13.1. The molecular formula is C14H21FN2O2. The van der Waals surface area contributed by atoms with Crippen LogP contribution >= 0.6 is 0 Å². The number of carbonyl (C=O) groups excluding carboxylic acids is 1. The van der Waals surface area contributed by atoms with E-state index in [1.165, 1.54) is 18.2 Å². The van der Waals surface area contributed by atoms with Gasteiger partial charge < -0.3 is 15.8 Å². The number of amides is 1. The average Bonchev–Trinajstić information content (AvgIpc) is 2.39. The first-order valence-corrected chi connectivity index (χ1v) is 6.52. The van der Waals surface area contributed by atoms with Gasteiger partial charge in [-0.25, -0.2) is 4.39 Å². The standard InChI is InChI=1S/C14H21FN2O2/c1-3-10(9-16)7-14(18)17-12-6-5-11(15)8-13(12)19-4-2/h5-6,8,10H,3-4,7,9,16H2,1-2H3,(H,17,18). The maximum atomic E-state index is 13.1. The Hall–Kier alpha value is -1.62. The minimum Gasteiger partial charge on any atom is -0.492 e. The van der Waals surface area contributed by atoms with Gasteiger partial charge in [0.25, 0.3) is 0 Å². The molecule has 1 aromatic carbocycles. The third-order valence-electron chi connectivity index (χ3n) is 2.90. The molecule has 1 unspecified atom stereocenters. The minimum atomic E-state index is -0.394. The van der Waals surface area contributed by atoms with Crippen LogP contribution in [0.5, 0.6) is 5.75 Å². The van der Waals surface area contributed by atoms with Crippen LogP contribution in [0.4, 0.5) is 10.1 Å². The van der Waals surface area contributed by atoms with Crippen molar-refractivity contribution in [3.05, 3.63) is 24.0 Å². The fourth-order valence-electron chi connectivity index (χ4n) is 1.73. The highest BCUT2D eigenvalue weighted by atomic mass is 19.1. The van der Waals surface area contributed by atoms with Gasteiger partial charge in [0.05, 0.1) is 12.3 Å². The molecule has 0 spiro atoms. The van der Waals surface area contributed by atoms with Crippen LogP contribution in [0.15, 0.2) is 18.2 Å². The van der Waals surface area contributed by atoms with E-state index in [2.05, 4.69) is 5.32 Å². The van der Waals surface area contributed by atoms with Crippen molar-refractivity contribution >= 4 is 11.6 Å². The number of hydrogen-bond acceptors (Lipinski definition) is 3. The lowest BCUT2D eigenvalue weighted by molar-refractivity contribution is -0.117. The SMILES string of the molecule is CCOc1cc(F)ccc1NC(=O)CC(CC)CN. The summed E-state index contributed by atoms with van der Waals surface area (Å²) < 4.78 is 18.4. The van der Waals surface area contributed by atoms with Gasteiger partial charge in [-0.1, -0.05) is 13.3 Å². The molecule has 0 aliphatic carbocycles. The smallest absolute Gasteiger partial charge is 0.224 e. The van der Waals surface area contributed by atoms with Gasteiger partial charge in [0.15, 0.2) is 0 Å². The molecule has 1 atom stereocenters. The summed E-state index contributed by atoms with van der Waals surface area (Å²) in [6.07, 6.45) is 1.21. The van der Waals surface area contributed by atoms with E-state index in [0.29, 0.717) is 31.0 Å². The molecule has 0 aliphatic heterocycles. The molecule has 0 fully saturated rings. The van der Waals surface area contributed by atoms with Crippen molar-refractivity contribution in [2.45, 2.75) is 26.7 Å². The molecule has 0 saturated heterocycles. The largest absolute Gasteiger partial charge is 0.492 e. The Morgan fingerprint density at radius 3 is 2.79 bits per heavy atom. The Labute approximate surface area is 113 Å². The second-order valence-corrected chi connectivity index (χ2v) is 4.34. The monoisotopic (exact) mass is 268 g/mol. The van der Waals surface area contributed by atoms with Gasteiger partial charge in [0.1, 0.15) is 11.6 Å². The van der Waals surface area contributed by atoms with Gasteiger partial charge in [0.2, 0.25) is 5.91 Å². The number of nitrogens with two attached hydrogens (primary N) is 1. The minimum absolute atomic E-state index is 0.134. The fraction of sp³-hybridized carbons (Fsp3) is 0.500. The van der Waals surface area contributed by atoms with Crippen LogP contribution in [0.25, 0.3) is 0 Å². The topological polar surface area (TPSA) is 64.3 Å². The molecule has 1 amide bonds. The summed E-state index contributed by atoms with van der Waals surface area (Å²) in [6.45, 7) is 4.69. The van der Waals surface area contributed by atoms with Gasteiger partial charge in [-0.3, -0.25) is 4.79 Å². The second kappa shape index (κ2) is 7.74. The molecule has 5 heteroatoms. The third kappa shape index (κ3) is 4.87. The number of benzene rings is 1. The van der Waals surface area contributed by atoms with Crippen molar-refractivity contribution in [3.63, 3.8) is 0 Å². The lowest BCUT2D eigenvalue weighted by Gasteiger charge is -2.14. The predicted octanol–water partition coefficient (Wildman–Crippen LogP) is 2.54. The van der Waals surface area contributed by atoms with E-state index < -0.39 is 5.82 Å². The Balaban J connectivity index is 2.72. The van der Waals surface area contributed by atoms with E-state index in [0.717, 1.165) is 6.42 Å². The highest BCUT2D eigenvalue weighted by molar-refractivity contribution is 5.92. The summed E-state index contributed by atoms with van der Waals surface area (Å²) in [4.78, 5) is 11.9. The molecule has 1 rings (SSSR count). The van der Waals surface area contributed by atoms with Crippen LogP contribution in [-0.4, -0.2) is 19.1 Å². The van der Waals surface area contributed by atoms with Crippen LogP contribution < -0.4 is 15.8 Å². The van der Waals surface area contributed by atoms with Gasteiger partial charge in [-0.15, -0.1) is 0 Å². The lowest BCUT2D eigenvalue weighted by Crippen LogP contribution is -2.22. The number of halogens is 1. The van der Waals surface area contributed by atoms with E-state index in [1.54, 1.807) is 6.92 Å². The molecular weight excluding hydrogens is 247 g/mol.